The van der Waals surface area contributed by atoms with Gasteiger partial charge in [0.25, 0.3) is 0 Å². The van der Waals surface area contributed by atoms with Crippen LogP contribution in [0.2, 0.25) is 5.02 Å². The fraction of sp³-hybridized carbons (Fsp3) is 0.194. The normalized spacial score (nSPS) is 11.2. The predicted molar refractivity (Wildman–Crippen MR) is 158 cm³/mol. The molecule has 0 heterocycles. The molecule has 0 radical (unpaired) electrons. The smallest absolute Gasteiger partial charge is 0.165 e. The Morgan fingerprint density at radius 3 is 1.87 bits per heavy atom. The van der Waals surface area contributed by atoms with Crippen molar-refractivity contribution in [1.82, 2.24) is 4.90 Å². The molecule has 0 unspecified atom stereocenters. The first-order valence-electron chi connectivity index (χ1n) is 12.3. The molecular weight excluding hydrogens is 516 g/mol. The van der Waals surface area contributed by atoms with Crippen molar-refractivity contribution in [2.24, 2.45) is 4.99 Å². The fourth-order valence-corrected chi connectivity index (χ4v) is 4.70. The van der Waals surface area contributed by atoms with Crippen LogP contribution in [0.25, 0.3) is 0 Å². The Labute approximate surface area is 234 Å². The third kappa shape index (κ3) is 7.70. The van der Waals surface area contributed by atoms with Gasteiger partial charge in [-0.3, -0.25) is 0 Å². The summed E-state index contributed by atoms with van der Waals surface area (Å²) >= 11 is 8.09. The average Bonchev–Trinajstić information content (AvgIpc) is 2.95. The molecule has 0 saturated heterocycles. The summed E-state index contributed by atoms with van der Waals surface area (Å²) in [7, 11) is 3.35. The third-order valence-corrected chi connectivity index (χ3v) is 6.85. The van der Waals surface area contributed by atoms with Crippen molar-refractivity contribution in [2.45, 2.75) is 20.0 Å². The van der Waals surface area contributed by atoms with Crippen molar-refractivity contribution < 1.29 is 14.2 Å². The second kappa shape index (κ2) is 13.8. The highest BCUT2D eigenvalue weighted by Gasteiger charge is 2.16. The van der Waals surface area contributed by atoms with Gasteiger partial charge in [-0.1, -0.05) is 72.8 Å². The average molecular weight is 547 g/mol. The summed E-state index contributed by atoms with van der Waals surface area (Å²) in [5.41, 5.74) is 2.97. The molecular formula is C31H31ClN2O3S. The van der Waals surface area contributed by atoms with Crippen LogP contribution in [0.1, 0.15) is 18.1 Å². The molecule has 0 aromatic heterocycles. The summed E-state index contributed by atoms with van der Waals surface area (Å²) in [5, 5.41) is 1.47. The second-order valence-electron chi connectivity index (χ2n) is 8.41. The van der Waals surface area contributed by atoms with Crippen LogP contribution in [-0.4, -0.2) is 30.0 Å². The van der Waals surface area contributed by atoms with Crippen LogP contribution in [-0.2, 0) is 13.1 Å². The lowest BCUT2D eigenvalue weighted by Crippen LogP contribution is -2.28. The first-order valence-corrected chi connectivity index (χ1v) is 13.7. The second-order valence-corrected chi connectivity index (χ2v) is 10.1. The molecule has 0 bridgehead atoms. The molecule has 0 N–H and O–H groups in total. The fourth-order valence-electron chi connectivity index (χ4n) is 3.80. The number of aliphatic imine (C=N–C) groups is 1. The zero-order chi connectivity index (χ0) is 26.7. The van der Waals surface area contributed by atoms with E-state index in [9.17, 15) is 0 Å². The monoisotopic (exact) mass is 546 g/mol. The maximum atomic E-state index is 6.41. The van der Waals surface area contributed by atoms with Crippen molar-refractivity contribution in [3.05, 3.63) is 113 Å². The minimum atomic E-state index is 0.599. The van der Waals surface area contributed by atoms with Crippen molar-refractivity contribution in [3.8, 4) is 23.0 Å². The molecule has 0 aliphatic rings. The van der Waals surface area contributed by atoms with Gasteiger partial charge in [-0.05, 0) is 71.5 Å². The summed E-state index contributed by atoms with van der Waals surface area (Å²) in [6.45, 7) is 3.45. The summed E-state index contributed by atoms with van der Waals surface area (Å²) in [6.07, 6.45) is 0. The van der Waals surface area contributed by atoms with Gasteiger partial charge in [-0.15, -0.1) is 0 Å². The van der Waals surface area contributed by atoms with Gasteiger partial charge in [-0.2, -0.15) is 0 Å². The topological polar surface area (TPSA) is 43.3 Å². The Kier molecular flexibility index (Phi) is 9.96. The summed E-state index contributed by atoms with van der Waals surface area (Å²) in [4.78, 5) is 7.38. The van der Waals surface area contributed by atoms with Crippen LogP contribution in [0, 0.1) is 0 Å². The molecule has 4 aromatic carbocycles. The molecule has 0 amide bonds. The molecule has 7 heteroatoms. The lowest BCUT2D eigenvalue weighted by atomic mass is 10.1. The van der Waals surface area contributed by atoms with E-state index in [1.807, 2.05) is 72.8 Å². The number of amidine groups is 1. The summed E-state index contributed by atoms with van der Waals surface area (Å²) in [5.74, 6) is 3.89. The third-order valence-electron chi connectivity index (χ3n) is 5.72. The molecule has 0 saturated carbocycles. The molecule has 0 spiro atoms. The number of thioether (sulfide) groups is 1. The quantitative estimate of drug-likeness (QED) is 0.147. The van der Waals surface area contributed by atoms with Gasteiger partial charge < -0.3 is 19.1 Å². The van der Waals surface area contributed by atoms with Crippen LogP contribution in [0.4, 0.5) is 5.69 Å². The molecule has 0 aliphatic heterocycles. The van der Waals surface area contributed by atoms with Crippen LogP contribution in [0.15, 0.2) is 102 Å². The number of halogens is 1. The highest BCUT2D eigenvalue weighted by molar-refractivity contribution is 8.13. The molecule has 196 valence electrons. The Morgan fingerprint density at radius 2 is 1.34 bits per heavy atom. The van der Waals surface area contributed by atoms with E-state index in [1.165, 1.54) is 0 Å². The SMILES string of the molecule is CCSC(=Nc1cc(Cl)ccc1Oc1ccccc1)N(Cc1ccc(OC)cc1)Cc1ccc(OC)cc1. The van der Waals surface area contributed by atoms with Gasteiger partial charge in [0.05, 0.1) is 14.2 Å². The Bertz CT molecular complexity index is 1280. The van der Waals surface area contributed by atoms with Gasteiger partial charge >= 0.3 is 0 Å². The predicted octanol–water partition coefficient (Wildman–Crippen LogP) is 8.59. The van der Waals surface area contributed by atoms with E-state index in [1.54, 1.807) is 26.0 Å². The number of rotatable bonds is 10. The van der Waals surface area contributed by atoms with Crippen LogP contribution in [0.3, 0.4) is 0 Å². The number of benzene rings is 4. The lowest BCUT2D eigenvalue weighted by Gasteiger charge is -2.26. The molecule has 0 fully saturated rings. The Balaban J connectivity index is 1.72. The van der Waals surface area contributed by atoms with Crippen LogP contribution in [0.5, 0.6) is 23.0 Å². The van der Waals surface area contributed by atoms with E-state index in [0.29, 0.717) is 29.5 Å². The van der Waals surface area contributed by atoms with Gasteiger partial charge in [0.2, 0.25) is 0 Å². The number of methoxy groups -OCH3 is 2. The van der Waals surface area contributed by atoms with Crippen LogP contribution < -0.4 is 14.2 Å². The van der Waals surface area contributed by atoms with Crippen molar-refractivity contribution in [1.29, 1.82) is 0 Å². The van der Waals surface area contributed by atoms with Gasteiger partial charge in [0.1, 0.15) is 22.9 Å². The molecule has 0 atom stereocenters. The van der Waals surface area contributed by atoms with E-state index in [2.05, 4.69) is 36.1 Å². The molecule has 0 aliphatic carbocycles. The van der Waals surface area contributed by atoms with Gasteiger partial charge in [0.15, 0.2) is 10.9 Å². The summed E-state index contributed by atoms with van der Waals surface area (Å²) in [6, 6.07) is 31.4. The first kappa shape index (κ1) is 27.4. The Hall–Kier alpha value is -3.61. The van der Waals surface area contributed by atoms with Crippen molar-refractivity contribution in [3.63, 3.8) is 0 Å². The number of ether oxygens (including phenoxy) is 3. The lowest BCUT2D eigenvalue weighted by molar-refractivity contribution is 0.405. The maximum Gasteiger partial charge on any atom is 0.165 e. The molecule has 38 heavy (non-hydrogen) atoms. The number of nitrogens with zero attached hydrogens (tertiary/aromatic N) is 2. The van der Waals surface area contributed by atoms with E-state index in [-0.39, 0.29) is 0 Å². The minimum absolute atomic E-state index is 0.599. The number of para-hydroxylation sites is 1. The zero-order valence-electron chi connectivity index (χ0n) is 21.8. The molecule has 5 nitrogen and oxygen atoms in total. The first-order chi connectivity index (χ1) is 18.6. The molecule has 4 rings (SSSR count). The number of hydrogen-bond acceptors (Lipinski definition) is 5. The largest absolute Gasteiger partial charge is 0.497 e. The van der Waals surface area contributed by atoms with Gasteiger partial charge in [-0.25, -0.2) is 4.99 Å². The summed E-state index contributed by atoms with van der Waals surface area (Å²) < 4.78 is 16.9. The van der Waals surface area contributed by atoms with Crippen molar-refractivity contribution >= 4 is 34.2 Å². The molecule has 4 aromatic rings. The van der Waals surface area contributed by atoms with Crippen LogP contribution >= 0.6 is 23.4 Å². The Morgan fingerprint density at radius 1 is 0.763 bits per heavy atom. The van der Waals surface area contributed by atoms with Crippen molar-refractivity contribution in [2.75, 3.05) is 20.0 Å². The van der Waals surface area contributed by atoms with E-state index >= 15 is 0 Å². The zero-order valence-corrected chi connectivity index (χ0v) is 23.3. The number of hydrogen-bond donors (Lipinski definition) is 0. The maximum absolute atomic E-state index is 6.41. The van der Waals surface area contributed by atoms with E-state index in [4.69, 9.17) is 30.8 Å². The standard InChI is InChI=1S/C31H31ClN2O3S/c1-4-38-31(33-29-20-25(32)14-19-30(29)37-28-8-6-5-7-9-28)34(21-23-10-15-26(35-2)16-11-23)22-24-12-17-27(36-3)18-13-24/h5-20H,4,21-22H2,1-3H3. The minimum Gasteiger partial charge on any atom is -0.497 e. The highest BCUT2D eigenvalue weighted by Crippen LogP contribution is 2.35. The van der Waals surface area contributed by atoms with E-state index < -0.39 is 0 Å². The van der Waals surface area contributed by atoms with Gasteiger partial charge in [0, 0.05) is 18.1 Å². The highest BCUT2D eigenvalue weighted by atomic mass is 35.5. The van der Waals surface area contributed by atoms with E-state index in [0.717, 1.165) is 39.3 Å².